The van der Waals surface area contributed by atoms with E-state index in [1.165, 1.54) is 12.0 Å². The monoisotopic (exact) mass is 391 g/mol. The maximum absolute atomic E-state index is 12.5. The molecule has 1 heterocycles. The molecule has 0 aliphatic carbocycles. The van der Waals surface area contributed by atoms with Gasteiger partial charge in [0.15, 0.2) is 0 Å². The third kappa shape index (κ3) is 8.18. The van der Waals surface area contributed by atoms with Crippen molar-refractivity contribution in [3.05, 3.63) is 11.6 Å². The zero-order valence-electron chi connectivity index (χ0n) is 16.1. The van der Waals surface area contributed by atoms with Crippen molar-refractivity contribution in [2.75, 3.05) is 26.5 Å². The van der Waals surface area contributed by atoms with Gasteiger partial charge in [-0.25, -0.2) is 9.59 Å². The second kappa shape index (κ2) is 9.36. The number of ether oxygens (including phenoxy) is 2. The van der Waals surface area contributed by atoms with Gasteiger partial charge in [0, 0.05) is 6.54 Å². The fraction of sp³-hybridized carbons (Fsp3) is 0.765. The van der Waals surface area contributed by atoms with E-state index >= 15 is 0 Å². The van der Waals surface area contributed by atoms with Crippen LogP contribution in [0.2, 0.25) is 0 Å². The highest BCUT2D eigenvalue weighted by molar-refractivity contribution is 7.85. The van der Waals surface area contributed by atoms with Crippen LogP contribution in [0.3, 0.4) is 0 Å². The van der Waals surface area contributed by atoms with Gasteiger partial charge >= 0.3 is 12.1 Å². The van der Waals surface area contributed by atoms with Gasteiger partial charge in [-0.3, -0.25) is 9.08 Å². The molecule has 0 fully saturated rings. The molecule has 0 spiro atoms. The van der Waals surface area contributed by atoms with Gasteiger partial charge < -0.3 is 9.47 Å². The summed E-state index contributed by atoms with van der Waals surface area (Å²) in [6.45, 7) is 5.73. The fourth-order valence-corrected chi connectivity index (χ4v) is 2.98. The lowest BCUT2D eigenvalue weighted by atomic mass is 10.1. The van der Waals surface area contributed by atoms with Crippen LogP contribution < -0.4 is 0 Å². The third-order valence-electron chi connectivity index (χ3n) is 3.72. The Hall–Kier alpha value is -1.61. The van der Waals surface area contributed by atoms with Crippen LogP contribution in [0.4, 0.5) is 4.79 Å². The molecule has 0 aromatic heterocycles. The Balaban J connectivity index is 2.74. The molecule has 0 bridgehead atoms. The lowest BCUT2D eigenvalue weighted by molar-refractivity contribution is -0.146. The summed E-state index contributed by atoms with van der Waals surface area (Å²) in [5.74, 6) is -0.492. The average Bonchev–Trinajstić information content (AvgIpc) is 2.71. The van der Waals surface area contributed by atoms with Crippen molar-refractivity contribution in [3.63, 3.8) is 0 Å². The van der Waals surface area contributed by atoms with E-state index < -0.39 is 33.8 Å². The van der Waals surface area contributed by atoms with Crippen LogP contribution >= 0.6 is 0 Å². The number of carbonyl (C=O) groups is 2. The Labute approximate surface area is 155 Å². The summed E-state index contributed by atoms with van der Waals surface area (Å²) in [6.07, 6.45) is 4.44. The molecule has 0 unspecified atom stereocenters. The number of hydrogen-bond acceptors (Lipinski definition) is 7. The highest BCUT2D eigenvalue weighted by Crippen LogP contribution is 2.23. The highest BCUT2D eigenvalue weighted by Gasteiger charge is 2.34. The molecule has 0 aromatic carbocycles. The van der Waals surface area contributed by atoms with Crippen LogP contribution in [0, 0.1) is 0 Å². The maximum Gasteiger partial charge on any atom is 0.411 e. The standard InChI is InChI=1S/C17H29NO7S/c1-17(2,3)25-16(20)18-11-10-13(7-6-12-24-26(5,21)22)8-9-14(18)15(19)23-4/h8,14H,6-7,9-12H2,1-5H3/t14-/m0/s1. The summed E-state index contributed by atoms with van der Waals surface area (Å²) in [7, 11) is -2.16. The molecule has 0 saturated carbocycles. The van der Waals surface area contributed by atoms with Crippen molar-refractivity contribution in [2.45, 2.75) is 58.1 Å². The predicted molar refractivity (Wildman–Crippen MR) is 96.1 cm³/mol. The van der Waals surface area contributed by atoms with Gasteiger partial charge in [0.2, 0.25) is 0 Å². The summed E-state index contributed by atoms with van der Waals surface area (Å²) in [5.41, 5.74) is 0.380. The Morgan fingerprint density at radius 3 is 2.50 bits per heavy atom. The smallest absolute Gasteiger partial charge is 0.411 e. The molecule has 1 aliphatic heterocycles. The van der Waals surface area contributed by atoms with Gasteiger partial charge in [-0.15, -0.1) is 0 Å². The summed E-state index contributed by atoms with van der Waals surface area (Å²) in [4.78, 5) is 25.9. The van der Waals surface area contributed by atoms with Crippen LogP contribution in [-0.4, -0.2) is 63.5 Å². The normalized spacial score (nSPS) is 18.7. The fourth-order valence-electron chi connectivity index (χ4n) is 2.56. The molecule has 8 nitrogen and oxygen atoms in total. The summed E-state index contributed by atoms with van der Waals surface area (Å²) in [6, 6.07) is -0.736. The molecular formula is C17H29NO7S. The van der Waals surface area contributed by atoms with E-state index in [2.05, 4.69) is 0 Å². The first-order chi connectivity index (χ1) is 11.9. The Morgan fingerprint density at radius 1 is 1.31 bits per heavy atom. The quantitative estimate of drug-likeness (QED) is 0.296. The largest absolute Gasteiger partial charge is 0.467 e. The average molecular weight is 391 g/mol. The van der Waals surface area contributed by atoms with Crippen LogP contribution in [0.1, 0.15) is 46.5 Å². The van der Waals surface area contributed by atoms with Crippen molar-refractivity contribution in [1.29, 1.82) is 0 Å². The van der Waals surface area contributed by atoms with Crippen molar-refractivity contribution in [1.82, 2.24) is 4.90 Å². The van der Waals surface area contributed by atoms with Crippen LogP contribution in [0.15, 0.2) is 11.6 Å². The van der Waals surface area contributed by atoms with E-state index in [-0.39, 0.29) is 6.61 Å². The van der Waals surface area contributed by atoms with E-state index in [0.717, 1.165) is 11.8 Å². The summed E-state index contributed by atoms with van der Waals surface area (Å²) >= 11 is 0. The van der Waals surface area contributed by atoms with Crippen molar-refractivity contribution in [3.8, 4) is 0 Å². The van der Waals surface area contributed by atoms with Gasteiger partial charge in [-0.05, 0) is 46.5 Å². The molecular weight excluding hydrogens is 362 g/mol. The third-order valence-corrected chi connectivity index (χ3v) is 4.32. The number of amides is 1. The maximum atomic E-state index is 12.5. The predicted octanol–water partition coefficient (Wildman–Crippen LogP) is 2.24. The second-order valence-electron chi connectivity index (χ2n) is 7.19. The number of hydrogen-bond donors (Lipinski definition) is 0. The van der Waals surface area contributed by atoms with Gasteiger partial charge in [-0.1, -0.05) is 11.6 Å². The van der Waals surface area contributed by atoms with Crippen molar-refractivity contribution in [2.24, 2.45) is 0 Å². The number of esters is 1. The van der Waals surface area contributed by atoms with E-state index in [1.54, 1.807) is 20.8 Å². The van der Waals surface area contributed by atoms with E-state index in [1.807, 2.05) is 6.08 Å². The van der Waals surface area contributed by atoms with Crippen molar-refractivity contribution >= 4 is 22.2 Å². The minimum absolute atomic E-state index is 0.104. The molecule has 1 atom stereocenters. The first kappa shape index (κ1) is 22.4. The first-order valence-corrected chi connectivity index (χ1v) is 10.3. The molecule has 0 N–H and O–H groups in total. The molecule has 26 heavy (non-hydrogen) atoms. The molecule has 1 amide bonds. The minimum Gasteiger partial charge on any atom is -0.467 e. The number of carbonyl (C=O) groups excluding carboxylic acids is 2. The van der Waals surface area contributed by atoms with Crippen LogP contribution in [-0.2, 0) is 28.6 Å². The SMILES string of the molecule is COC(=O)[C@@H]1CC=C(CCCOS(C)(=O)=O)CCN1C(=O)OC(C)(C)C. The lowest BCUT2D eigenvalue weighted by Gasteiger charge is -2.30. The van der Waals surface area contributed by atoms with Crippen LogP contribution in [0.5, 0.6) is 0 Å². The number of nitrogens with zero attached hydrogens (tertiary/aromatic N) is 1. The zero-order valence-corrected chi connectivity index (χ0v) is 16.9. The molecule has 0 saturated heterocycles. The lowest BCUT2D eigenvalue weighted by Crippen LogP contribution is -2.47. The Kier molecular flexibility index (Phi) is 8.08. The van der Waals surface area contributed by atoms with Gasteiger partial charge in [0.1, 0.15) is 11.6 Å². The van der Waals surface area contributed by atoms with Crippen LogP contribution in [0.25, 0.3) is 0 Å². The van der Waals surface area contributed by atoms with Gasteiger partial charge in [-0.2, -0.15) is 8.42 Å². The highest BCUT2D eigenvalue weighted by atomic mass is 32.2. The van der Waals surface area contributed by atoms with E-state index in [0.29, 0.717) is 32.2 Å². The Morgan fingerprint density at radius 2 is 1.96 bits per heavy atom. The van der Waals surface area contributed by atoms with Gasteiger partial charge in [0.25, 0.3) is 10.1 Å². The summed E-state index contributed by atoms with van der Waals surface area (Å²) in [5, 5.41) is 0. The summed E-state index contributed by atoms with van der Waals surface area (Å²) < 4.78 is 36.9. The zero-order chi connectivity index (χ0) is 20.0. The first-order valence-electron chi connectivity index (χ1n) is 8.52. The molecule has 1 rings (SSSR count). The molecule has 0 radical (unpaired) electrons. The van der Waals surface area contributed by atoms with E-state index in [4.69, 9.17) is 13.7 Å². The number of rotatable bonds is 6. The number of methoxy groups -OCH3 is 1. The molecule has 1 aliphatic rings. The molecule has 9 heteroatoms. The van der Waals surface area contributed by atoms with E-state index in [9.17, 15) is 18.0 Å². The van der Waals surface area contributed by atoms with Gasteiger partial charge in [0.05, 0.1) is 20.0 Å². The molecule has 0 aromatic rings. The Bertz CT molecular complexity index is 634. The molecule has 150 valence electrons. The van der Waals surface area contributed by atoms with Crippen molar-refractivity contribution < 1.29 is 31.7 Å². The topological polar surface area (TPSA) is 99.2 Å². The minimum atomic E-state index is -3.45. The second-order valence-corrected chi connectivity index (χ2v) is 8.83.